The van der Waals surface area contributed by atoms with E-state index in [1.807, 2.05) is 0 Å². The van der Waals surface area contributed by atoms with Crippen molar-refractivity contribution in [2.75, 3.05) is 6.61 Å². The molecule has 3 heteroatoms. The molecule has 0 aromatic heterocycles. The van der Waals surface area contributed by atoms with Crippen molar-refractivity contribution in [2.45, 2.75) is 0 Å². The number of terminal acetylenes is 1. The summed E-state index contributed by atoms with van der Waals surface area (Å²) in [5, 5.41) is 0.340. The molecule has 2 aromatic carbocycles. The standard InChI is InChI=1S/C15H10ClFO/c1-2-10-18-14-9-4-3-6-11(14)15-12(16)7-5-8-13(15)17/h1,3-9H,10H2. The lowest BCUT2D eigenvalue weighted by Crippen LogP contribution is -1.96. The topological polar surface area (TPSA) is 9.23 Å². The number of halogens is 2. The van der Waals surface area contributed by atoms with Crippen LogP contribution in [0, 0.1) is 18.2 Å². The van der Waals surface area contributed by atoms with Crippen LogP contribution >= 0.6 is 11.6 Å². The quantitative estimate of drug-likeness (QED) is 0.753. The predicted octanol–water partition coefficient (Wildman–Crippen LogP) is 4.16. The lowest BCUT2D eigenvalue weighted by atomic mass is 10.0. The third kappa shape index (κ3) is 2.47. The fourth-order valence-electron chi connectivity index (χ4n) is 1.67. The highest BCUT2D eigenvalue weighted by Crippen LogP contribution is 2.36. The highest BCUT2D eigenvalue weighted by Gasteiger charge is 2.13. The van der Waals surface area contributed by atoms with Crippen molar-refractivity contribution < 1.29 is 9.13 Å². The summed E-state index contributed by atoms with van der Waals surface area (Å²) in [7, 11) is 0. The fourth-order valence-corrected chi connectivity index (χ4v) is 1.94. The van der Waals surface area contributed by atoms with Crippen LogP contribution in [0.15, 0.2) is 42.5 Å². The van der Waals surface area contributed by atoms with Crippen LogP contribution in [-0.2, 0) is 0 Å². The second-order valence-electron chi connectivity index (χ2n) is 3.59. The summed E-state index contributed by atoms with van der Waals surface area (Å²) >= 11 is 6.03. The van der Waals surface area contributed by atoms with Gasteiger partial charge in [0.1, 0.15) is 18.2 Å². The van der Waals surface area contributed by atoms with E-state index >= 15 is 0 Å². The van der Waals surface area contributed by atoms with Gasteiger partial charge in [-0.05, 0) is 18.2 Å². The molecule has 0 unspecified atom stereocenters. The first-order valence-corrected chi connectivity index (χ1v) is 5.71. The largest absolute Gasteiger partial charge is 0.480 e. The van der Waals surface area contributed by atoms with Crippen LogP contribution in [0.25, 0.3) is 11.1 Å². The Bertz CT molecular complexity index is 581. The molecule has 1 nitrogen and oxygen atoms in total. The van der Waals surface area contributed by atoms with Gasteiger partial charge >= 0.3 is 0 Å². The number of hydrogen-bond acceptors (Lipinski definition) is 1. The molecule has 2 aromatic rings. The lowest BCUT2D eigenvalue weighted by Gasteiger charge is -2.11. The zero-order chi connectivity index (χ0) is 13.0. The van der Waals surface area contributed by atoms with Crippen molar-refractivity contribution >= 4 is 11.6 Å². The summed E-state index contributed by atoms with van der Waals surface area (Å²) in [6.45, 7) is 0.128. The summed E-state index contributed by atoms with van der Waals surface area (Å²) in [6.07, 6.45) is 5.15. The molecule has 0 radical (unpaired) electrons. The molecule has 0 heterocycles. The first-order chi connectivity index (χ1) is 8.74. The van der Waals surface area contributed by atoms with Gasteiger partial charge in [0, 0.05) is 11.1 Å². The SMILES string of the molecule is C#CCOc1ccccc1-c1c(F)cccc1Cl. The van der Waals surface area contributed by atoms with Gasteiger partial charge in [-0.2, -0.15) is 0 Å². The van der Waals surface area contributed by atoms with Crippen molar-refractivity contribution in [3.8, 4) is 29.2 Å². The van der Waals surface area contributed by atoms with Gasteiger partial charge < -0.3 is 4.74 Å². The second kappa shape index (κ2) is 5.57. The zero-order valence-corrected chi connectivity index (χ0v) is 10.2. The van der Waals surface area contributed by atoms with Crippen LogP contribution in [0.4, 0.5) is 4.39 Å². The summed E-state index contributed by atoms with van der Waals surface area (Å²) in [5.41, 5.74) is 0.919. The normalized spacial score (nSPS) is 9.83. The minimum atomic E-state index is -0.390. The van der Waals surface area contributed by atoms with E-state index in [1.165, 1.54) is 6.07 Å². The number of hydrogen-bond donors (Lipinski definition) is 0. The second-order valence-corrected chi connectivity index (χ2v) is 3.99. The van der Waals surface area contributed by atoms with Crippen molar-refractivity contribution in [1.82, 2.24) is 0 Å². The van der Waals surface area contributed by atoms with Gasteiger partial charge in [0.15, 0.2) is 0 Å². The zero-order valence-electron chi connectivity index (χ0n) is 9.49. The van der Waals surface area contributed by atoms with E-state index in [4.69, 9.17) is 22.8 Å². The van der Waals surface area contributed by atoms with Crippen LogP contribution < -0.4 is 4.74 Å². The van der Waals surface area contributed by atoms with Crippen LogP contribution in [0.1, 0.15) is 0 Å². The minimum Gasteiger partial charge on any atom is -0.480 e. The lowest BCUT2D eigenvalue weighted by molar-refractivity contribution is 0.371. The average molecular weight is 261 g/mol. The molecule has 18 heavy (non-hydrogen) atoms. The van der Waals surface area contributed by atoms with E-state index in [9.17, 15) is 4.39 Å². The van der Waals surface area contributed by atoms with E-state index in [1.54, 1.807) is 36.4 Å². The van der Waals surface area contributed by atoms with Crippen molar-refractivity contribution in [3.05, 3.63) is 53.3 Å². The smallest absolute Gasteiger partial charge is 0.148 e. The molecule has 0 atom stereocenters. The molecule has 0 bridgehead atoms. The Hall–Kier alpha value is -1.98. The van der Waals surface area contributed by atoms with Crippen LogP contribution in [0.5, 0.6) is 5.75 Å². The Kier molecular flexibility index (Phi) is 3.86. The van der Waals surface area contributed by atoms with Crippen molar-refractivity contribution in [3.63, 3.8) is 0 Å². The fraction of sp³-hybridized carbons (Fsp3) is 0.0667. The maximum Gasteiger partial charge on any atom is 0.148 e. The summed E-state index contributed by atoms with van der Waals surface area (Å²) in [5.74, 6) is 2.50. The first kappa shape index (κ1) is 12.5. The molecule has 0 aliphatic carbocycles. The monoisotopic (exact) mass is 260 g/mol. The van der Waals surface area contributed by atoms with Gasteiger partial charge in [-0.1, -0.05) is 41.8 Å². The van der Waals surface area contributed by atoms with E-state index in [-0.39, 0.29) is 12.4 Å². The molecule has 0 amide bonds. The van der Waals surface area contributed by atoms with E-state index < -0.39 is 0 Å². The molecule has 0 aliphatic heterocycles. The van der Waals surface area contributed by atoms with Gasteiger partial charge in [0.25, 0.3) is 0 Å². The van der Waals surface area contributed by atoms with Gasteiger partial charge in [-0.15, -0.1) is 6.42 Å². The third-order valence-electron chi connectivity index (χ3n) is 2.43. The number of ether oxygens (including phenoxy) is 1. The molecule has 0 fully saturated rings. The van der Waals surface area contributed by atoms with E-state index in [0.29, 0.717) is 21.9 Å². The Labute approximate surface area is 110 Å². The number of rotatable bonds is 3. The molecule has 90 valence electrons. The van der Waals surface area contributed by atoms with Gasteiger partial charge in [-0.3, -0.25) is 0 Å². The van der Waals surface area contributed by atoms with Crippen molar-refractivity contribution in [1.29, 1.82) is 0 Å². The molecular formula is C15H10ClFO. The summed E-state index contributed by atoms with van der Waals surface area (Å²) in [6, 6.07) is 11.6. The molecule has 0 saturated heterocycles. The van der Waals surface area contributed by atoms with Crippen LogP contribution in [-0.4, -0.2) is 6.61 Å². The molecule has 2 rings (SSSR count). The predicted molar refractivity (Wildman–Crippen MR) is 71.2 cm³/mol. The molecule has 0 spiro atoms. The molecule has 0 aliphatic rings. The Morgan fingerprint density at radius 3 is 2.67 bits per heavy atom. The highest BCUT2D eigenvalue weighted by molar-refractivity contribution is 6.33. The van der Waals surface area contributed by atoms with Gasteiger partial charge in [-0.25, -0.2) is 4.39 Å². The Morgan fingerprint density at radius 1 is 1.17 bits per heavy atom. The minimum absolute atomic E-state index is 0.128. The van der Waals surface area contributed by atoms with Gasteiger partial charge in [0.05, 0.1) is 5.02 Å². The summed E-state index contributed by atoms with van der Waals surface area (Å²) < 4.78 is 19.2. The maximum atomic E-state index is 13.9. The van der Waals surface area contributed by atoms with Crippen LogP contribution in [0.2, 0.25) is 5.02 Å². The van der Waals surface area contributed by atoms with E-state index in [0.717, 1.165) is 0 Å². The van der Waals surface area contributed by atoms with Gasteiger partial charge in [0.2, 0.25) is 0 Å². The van der Waals surface area contributed by atoms with E-state index in [2.05, 4.69) is 5.92 Å². The Morgan fingerprint density at radius 2 is 1.94 bits per heavy atom. The molecule has 0 N–H and O–H groups in total. The van der Waals surface area contributed by atoms with Crippen molar-refractivity contribution in [2.24, 2.45) is 0 Å². The number of benzene rings is 2. The Balaban J connectivity index is 2.54. The maximum absolute atomic E-state index is 13.9. The molecule has 0 saturated carbocycles. The average Bonchev–Trinajstić information content (AvgIpc) is 2.37. The molecular weight excluding hydrogens is 251 g/mol. The van der Waals surface area contributed by atoms with Crippen LogP contribution in [0.3, 0.4) is 0 Å². The highest BCUT2D eigenvalue weighted by atomic mass is 35.5. The first-order valence-electron chi connectivity index (χ1n) is 5.33. The number of para-hydroxylation sites is 1. The third-order valence-corrected chi connectivity index (χ3v) is 2.75. The summed E-state index contributed by atoms with van der Waals surface area (Å²) in [4.78, 5) is 0.